The molecular weight excluding hydrogens is 176 g/mol. The minimum atomic E-state index is 0.188. The van der Waals surface area contributed by atoms with E-state index in [1.54, 1.807) is 0 Å². The first-order valence-electron chi connectivity index (χ1n) is 5.87. The maximum atomic E-state index is 5.30. The Bertz CT molecular complexity index is 148. The van der Waals surface area contributed by atoms with E-state index in [0.717, 1.165) is 12.8 Å². The summed E-state index contributed by atoms with van der Waals surface area (Å²) in [6.45, 7) is 4.38. The van der Waals surface area contributed by atoms with Gasteiger partial charge in [0.15, 0.2) is 0 Å². The molecule has 0 unspecified atom stereocenters. The Balaban J connectivity index is 2.18. The highest BCUT2D eigenvalue weighted by Crippen LogP contribution is 2.17. The lowest BCUT2D eigenvalue weighted by atomic mass is 10.1. The van der Waals surface area contributed by atoms with Gasteiger partial charge in [-0.3, -0.25) is 0 Å². The molecule has 0 fully saturated rings. The van der Waals surface area contributed by atoms with Gasteiger partial charge in [-0.2, -0.15) is 0 Å². The van der Waals surface area contributed by atoms with Crippen LogP contribution in [-0.4, -0.2) is 12.2 Å². The van der Waals surface area contributed by atoms with Gasteiger partial charge in [0.05, 0.1) is 0 Å². The van der Waals surface area contributed by atoms with Gasteiger partial charge in [0.2, 0.25) is 0 Å². The second-order valence-corrected chi connectivity index (χ2v) is 3.94. The predicted octanol–water partition coefficient (Wildman–Crippen LogP) is 3.62. The van der Waals surface area contributed by atoms with Crippen molar-refractivity contribution in [2.75, 3.05) is 0 Å². The highest BCUT2D eigenvalue weighted by Gasteiger charge is 2.16. The second kappa shape index (κ2) is 7.02. The van der Waals surface area contributed by atoms with E-state index in [-0.39, 0.29) is 12.2 Å². The third kappa shape index (κ3) is 4.25. The minimum Gasteiger partial charge on any atom is -0.229 e. The molecule has 2 nitrogen and oxygen atoms in total. The molecule has 0 aliphatic carbocycles. The van der Waals surface area contributed by atoms with E-state index < -0.39 is 0 Å². The maximum Gasteiger partial charge on any atom is 0.111 e. The maximum absolute atomic E-state index is 5.30. The smallest absolute Gasteiger partial charge is 0.111 e. The highest BCUT2D eigenvalue weighted by atomic mass is 17.2. The van der Waals surface area contributed by atoms with Gasteiger partial charge < -0.3 is 0 Å². The Labute approximate surface area is 87.2 Å². The first-order chi connectivity index (χ1) is 6.86. The molecule has 0 bridgehead atoms. The number of hydrogen-bond donors (Lipinski definition) is 0. The lowest BCUT2D eigenvalue weighted by Crippen LogP contribution is -2.22. The fraction of sp³-hybridized carbons (Fsp3) is 0.833. The Morgan fingerprint density at radius 2 is 1.29 bits per heavy atom. The van der Waals surface area contributed by atoms with Crippen molar-refractivity contribution in [1.29, 1.82) is 0 Å². The van der Waals surface area contributed by atoms with Crippen LogP contribution in [0.5, 0.6) is 0 Å². The molecule has 0 aromatic rings. The van der Waals surface area contributed by atoms with Gasteiger partial charge in [-0.05, 0) is 12.8 Å². The van der Waals surface area contributed by atoms with Crippen LogP contribution in [0.1, 0.15) is 52.4 Å². The van der Waals surface area contributed by atoms with Crippen molar-refractivity contribution in [1.82, 2.24) is 0 Å². The summed E-state index contributed by atoms with van der Waals surface area (Å²) in [5.74, 6) is 0. The summed E-state index contributed by atoms with van der Waals surface area (Å²) >= 11 is 0. The molecular formula is C12H22O2. The van der Waals surface area contributed by atoms with E-state index >= 15 is 0 Å². The molecule has 0 saturated carbocycles. The molecule has 0 saturated heterocycles. The summed E-state index contributed by atoms with van der Waals surface area (Å²) in [5, 5.41) is 0. The zero-order valence-electron chi connectivity index (χ0n) is 9.37. The van der Waals surface area contributed by atoms with Gasteiger partial charge in [0, 0.05) is 0 Å². The Morgan fingerprint density at radius 3 is 1.57 bits per heavy atom. The van der Waals surface area contributed by atoms with Crippen LogP contribution in [0.15, 0.2) is 12.2 Å². The molecule has 82 valence electrons. The first kappa shape index (κ1) is 11.7. The molecule has 1 aliphatic rings. The SMILES string of the molecule is CCCC[C@H]1C=C[C@@H](CCCC)OO1. The number of rotatable bonds is 6. The van der Waals surface area contributed by atoms with Crippen molar-refractivity contribution in [2.45, 2.75) is 64.6 Å². The molecule has 1 aliphatic heterocycles. The van der Waals surface area contributed by atoms with Crippen LogP contribution in [-0.2, 0) is 9.78 Å². The van der Waals surface area contributed by atoms with Crippen LogP contribution in [0.4, 0.5) is 0 Å². The average molecular weight is 198 g/mol. The van der Waals surface area contributed by atoms with Crippen LogP contribution < -0.4 is 0 Å². The predicted molar refractivity (Wildman–Crippen MR) is 57.9 cm³/mol. The average Bonchev–Trinajstić information content (AvgIpc) is 2.25. The van der Waals surface area contributed by atoms with Gasteiger partial charge in [-0.15, -0.1) is 0 Å². The van der Waals surface area contributed by atoms with Crippen LogP contribution in [0, 0.1) is 0 Å². The fourth-order valence-electron chi connectivity index (χ4n) is 1.55. The van der Waals surface area contributed by atoms with Gasteiger partial charge in [-0.1, -0.05) is 51.7 Å². The van der Waals surface area contributed by atoms with Gasteiger partial charge in [0.1, 0.15) is 12.2 Å². The zero-order chi connectivity index (χ0) is 10.2. The molecule has 0 radical (unpaired) electrons. The van der Waals surface area contributed by atoms with Crippen LogP contribution >= 0.6 is 0 Å². The van der Waals surface area contributed by atoms with Gasteiger partial charge >= 0.3 is 0 Å². The van der Waals surface area contributed by atoms with E-state index in [0.29, 0.717) is 0 Å². The summed E-state index contributed by atoms with van der Waals surface area (Å²) in [6, 6.07) is 0. The van der Waals surface area contributed by atoms with Crippen LogP contribution in [0.2, 0.25) is 0 Å². The standard InChI is InChI=1S/C12H22O2/c1-3-5-7-11-9-10-12(14-13-11)8-6-4-2/h9-12H,3-8H2,1-2H3/t11-,12+. The van der Waals surface area contributed by atoms with Crippen molar-refractivity contribution < 1.29 is 9.78 Å². The van der Waals surface area contributed by atoms with Crippen LogP contribution in [0.3, 0.4) is 0 Å². The topological polar surface area (TPSA) is 18.5 Å². The summed E-state index contributed by atoms with van der Waals surface area (Å²) in [7, 11) is 0. The summed E-state index contributed by atoms with van der Waals surface area (Å²) in [6.07, 6.45) is 11.7. The quantitative estimate of drug-likeness (QED) is 0.479. The van der Waals surface area contributed by atoms with Crippen LogP contribution in [0.25, 0.3) is 0 Å². The van der Waals surface area contributed by atoms with Crippen molar-refractivity contribution in [2.24, 2.45) is 0 Å². The lowest BCUT2D eigenvalue weighted by molar-refractivity contribution is -0.341. The zero-order valence-corrected chi connectivity index (χ0v) is 9.37. The molecule has 0 spiro atoms. The van der Waals surface area contributed by atoms with E-state index in [4.69, 9.17) is 9.78 Å². The first-order valence-corrected chi connectivity index (χ1v) is 5.87. The van der Waals surface area contributed by atoms with Crippen molar-refractivity contribution >= 4 is 0 Å². The van der Waals surface area contributed by atoms with E-state index in [1.807, 2.05) is 0 Å². The van der Waals surface area contributed by atoms with E-state index in [2.05, 4.69) is 26.0 Å². The molecule has 2 atom stereocenters. The summed E-state index contributed by atoms with van der Waals surface area (Å²) in [5.41, 5.74) is 0. The molecule has 14 heavy (non-hydrogen) atoms. The van der Waals surface area contributed by atoms with Crippen molar-refractivity contribution in [3.63, 3.8) is 0 Å². The second-order valence-electron chi connectivity index (χ2n) is 3.94. The van der Waals surface area contributed by atoms with Gasteiger partial charge in [-0.25, -0.2) is 9.78 Å². The molecule has 0 N–H and O–H groups in total. The summed E-state index contributed by atoms with van der Waals surface area (Å²) in [4.78, 5) is 10.6. The number of unbranched alkanes of at least 4 members (excludes halogenated alkanes) is 2. The molecule has 0 aromatic carbocycles. The minimum absolute atomic E-state index is 0.188. The molecule has 2 heteroatoms. The molecule has 1 heterocycles. The van der Waals surface area contributed by atoms with E-state index in [9.17, 15) is 0 Å². The molecule has 0 aromatic heterocycles. The monoisotopic (exact) mass is 198 g/mol. The third-order valence-corrected chi connectivity index (χ3v) is 2.53. The van der Waals surface area contributed by atoms with Gasteiger partial charge in [0.25, 0.3) is 0 Å². The fourth-order valence-corrected chi connectivity index (χ4v) is 1.55. The third-order valence-electron chi connectivity index (χ3n) is 2.53. The number of hydrogen-bond acceptors (Lipinski definition) is 2. The normalized spacial score (nSPS) is 26.7. The molecule has 1 rings (SSSR count). The molecule has 0 amide bonds. The Morgan fingerprint density at radius 1 is 0.857 bits per heavy atom. The highest BCUT2D eigenvalue weighted by molar-refractivity contribution is 4.96. The van der Waals surface area contributed by atoms with E-state index in [1.165, 1.54) is 25.7 Å². The Kier molecular flexibility index (Phi) is 5.88. The van der Waals surface area contributed by atoms with Crippen molar-refractivity contribution in [3.05, 3.63) is 12.2 Å². The summed E-state index contributed by atoms with van der Waals surface area (Å²) < 4.78 is 0. The largest absolute Gasteiger partial charge is 0.229 e. The lowest BCUT2D eigenvalue weighted by Gasteiger charge is -2.22. The van der Waals surface area contributed by atoms with Crippen molar-refractivity contribution in [3.8, 4) is 0 Å². The Hall–Kier alpha value is -0.340.